The normalized spacial score (nSPS) is 22.7. The summed E-state index contributed by atoms with van der Waals surface area (Å²) in [5, 5.41) is 0. The van der Waals surface area contributed by atoms with E-state index in [0.29, 0.717) is 5.41 Å². The lowest BCUT2D eigenvalue weighted by molar-refractivity contribution is 0.191. The molecule has 1 rings (SSSR count). The fourth-order valence-electron chi connectivity index (χ4n) is 2.85. The molecular formula is C15H32N2S. The van der Waals surface area contributed by atoms with E-state index in [1.165, 1.54) is 43.7 Å². The molecule has 0 saturated carbocycles. The van der Waals surface area contributed by atoms with Crippen LogP contribution in [0.25, 0.3) is 0 Å². The SMILES string of the molecule is CN(CCCC(CCN)C(C)(C)C)C1CCSC1. The van der Waals surface area contributed by atoms with E-state index in [9.17, 15) is 0 Å². The quantitative estimate of drug-likeness (QED) is 0.771. The number of hydrogen-bond donors (Lipinski definition) is 1. The summed E-state index contributed by atoms with van der Waals surface area (Å²) in [6.07, 6.45) is 5.20. The summed E-state index contributed by atoms with van der Waals surface area (Å²) >= 11 is 2.10. The Morgan fingerprint density at radius 1 is 1.33 bits per heavy atom. The Morgan fingerprint density at radius 2 is 2.06 bits per heavy atom. The molecule has 1 fully saturated rings. The maximum Gasteiger partial charge on any atom is 0.0191 e. The number of thioether (sulfide) groups is 1. The maximum atomic E-state index is 5.74. The van der Waals surface area contributed by atoms with E-state index in [-0.39, 0.29) is 0 Å². The van der Waals surface area contributed by atoms with Crippen LogP contribution in [0.15, 0.2) is 0 Å². The molecular weight excluding hydrogens is 240 g/mol. The molecule has 2 nitrogen and oxygen atoms in total. The molecule has 2 unspecified atom stereocenters. The van der Waals surface area contributed by atoms with E-state index in [2.05, 4.69) is 44.5 Å². The summed E-state index contributed by atoms with van der Waals surface area (Å²) in [5.74, 6) is 3.46. The minimum absolute atomic E-state index is 0.404. The summed E-state index contributed by atoms with van der Waals surface area (Å²) in [4.78, 5) is 2.57. The average Bonchev–Trinajstić information content (AvgIpc) is 2.79. The summed E-state index contributed by atoms with van der Waals surface area (Å²) in [6, 6.07) is 0.831. The zero-order chi connectivity index (χ0) is 13.6. The lowest BCUT2D eigenvalue weighted by Crippen LogP contribution is -2.33. The van der Waals surface area contributed by atoms with Crippen LogP contribution in [-0.4, -0.2) is 42.6 Å². The van der Waals surface area contributed by atoms with Gasteiger partial charge in [0.1, 0.15) is 0 Å². The van der Waals surface area contributed by atoms with Gasteiger partial charge in [0.25, 0.3) is 0 Å². The molecule has 3 heteroatoms. The fraction of sp³-hybridized carbons (Fsp3) is 1.00. The van der Waals surface area contributed by atoms with Gasteiger partial charge in [0.05, 0.1) is 0 Å². The molecule has 0 bridgehead atoms. The van der Waals surface area contributed by atoms with Crippen molar-refractivity contribution in [3.63, 3.8) is 0 Å². The standard InChI is InChI=1S/C15H32N2S/c1-15(2,3)13(7-9-16)6-5-10-17(4)14-8-11-18-12-14/h13-14H,5-12,16H2,1-4H3. The van der Waals surface area contributed by atoms with Crippen molar-refractivity contribution in [3.05, 3.63) is 0 Å². The highest BCUT2D eigenvalue weighted by Gasteiger charge is 2.24. The predicted molar refractivity (Wildman–Crippen MR) is 84.2 cm³/mol. The van der Waals surface area contributed by atoms with Crippen molar-refractivity contribution >= 4 is 11.8 Å². The van der Waals surface area contributed by atoms with Crippen molar-refractivity contribution in [2.75, 3.05) is 31.6 Å². The Morgan fingerprint density at radius 3 is 2.56 bits per heavy atom. The largest absolute Gasteiger partial charge is 0.330 e. The Bertz CT molecular complexity index is 219. The lowest BCUT2D eigenvalue weighted by atomic mass is 9.76. The summed E-state index contributed by atoms with van der Waals surface area (Å²) in [6.45, 7) is 9.14. The number of nitrogens with two attached hydrogens (primary N) is 1. The zero-order valence-electron chi connectivity index (χ0n) is 12.7. The van der Waals surface area contributed by atoms with Gasteiger partial charge in [0.15, 0.2) is 0 Å². The average molecular weight is 273 g/mol. The van der Waals surface area contributed by atoms with Gasteiger partial charge in [-0.2, -0.15) is 11.8 Å². The molecule has 108 valence electrons. The minimum atomic E-state index is 0.404. The number of nitrogens with zero attached hydrogens (tertiary/aromatic N) is 1. The van der Waals surface area contributed by atoms with Crippen LogP contribution in [0.4, 0.5) is 0 Å². The van der Waals surface area contributed by atoms with Crippen molar-refractivity contribution in [1.82, 2.24) is 4.90 Å². The molecule has 1 aliphatic heterocycles. The molecule has 0 spiro atoms. The van der Waals surface area contributed by atoms with Crippen LogP contribution in [0.1, 0.15) is 46.5 Å². The first-order valence-corrected chi connectivity index (χ1v) is 8.58. The zero-order valence-corrected chi connectivity index (χ0v) is 13.6. The van der Waals surface area contributed by atoms with Crippen molar-refractivity contribution < 1.29 is 0 Å². The second-order valence-corrected chi connectivity index (χ2v) is 7.93. The second-order valence-electron chi connectivity index (χ2n) is 6.78. The topological polar surface area (TPSA) is 29.3 Å². The monoisotopic (exact) mass is 272 g/mol. The Balaban J connectivity index is 2.25. The maximum absolute atomic E-state index is 5.74. The van der Waals surface area contributed by atoms with Crippen LogP contribution < -0.4 is 5.73 Å². The van der Waals surface area contributed by atoms with Crippen LogP contribution >= 0.6 is 11.8 Å². The molecule has 0 amide bonds. The van der Waals surface area contributed by atoms with Crippen LogP contribution in [0.5, 0.6) is 0 Å². The van der Waals surface area contributed by atoms with E-state index >= 15 is 0 Å². The Labute approximate surface area is 118 Å². The molecule has 0 aromatic rings. The van der Waals surface area contributed by atoms with Crippen molar-refractivity contribution in [2.24, 2.45) is 17.1 Å². The van der Waals surface area contributed by atoms with E-state index in [4.69, 9.17) is 5.73 Å². The van der Waals surface area contributed by atoms with E-state index in [0.717, 1.165) is 18.5 Å². The van der Waals surface area contributed by atoms with Gasteiger partial charge in [-0.3, -0.25) is 0 Å². The molecule has 18 heavy (non-hydrogen) atoms. The van der Waals surface area contributed by atoms with Crippen LogP contribution in [0.3, 0.4) is 0 Å². The number of hydrogen-bond acceptors (Lipinski definition) is 3. The van der Waals surface area contributed by atoms with Crippen molar-refractivity contribution in [2.45, 2.75) is 52.5 Å². The van der Waals surface area contributed by atoms with Gasteiger partial charge in [0.2, 0.25) is 0 Å². The second kappa shape index (κ2) is 7.76. The lowest BCUT2D eigenvalue weighted by Gasteiger charge is -2.31. The minimum Gasteiger partial charge on any atom is -0.330 e. The van der Waals surface area contributed by atoms with Gasteiger partial charge in [-0.25, -0.2) is 0 Å². The molecule has 1 heterocycles. The van der Waals surface area contributed by atoms with Crippen LogP contribution in [-0.2, 0) is 0 Å². The third-order valence-corrected chi connectivity index (χ3v) is 5.48. The fourth-order valence-corrected chi connectivity index (χ4v) is 4.15. The van der Waals surface area contributed by atoms with Crippen molar-refractivity contribution in [1.29, 1.82) is 0 Å². The smallest absolute Gasteiger partial charge is 0.0191 e. The first kappa shape index (κ1) is 16.3. The van der Waals surface area contributed by atoms with Gasteiger partial charge in [0, 0.05) is 11.8 Å². The molecule has 1 saturated heterocycles. The molecule has 0 aromatic heterocycles. The van der Waals surface area contributed by atoms with Gasteiger partial charge < -0.3 is 10.6 Å². The van der Waals surface area contributed by atoms with Gasteiger partial charge in [-0.15, -0.1) is 0 Å². The third-order valence-electron chi connectivity index (χ3n) is 4.33. The van der Waals surface area contributed by atoms with Gasteiger partial charge in [-0.05, 0) is 62.9 Å². The summed E-state index contributed by atoms with van der Waals surface area (Å²) in [7, 11) is 2.30. The molecule has 0 aromatic carbocycles. The molecule has 0 aliphatic carbocycles. The van der Waals surface area contributed by atoms with Gasteiger partial charge in [-0.1, -0.05) is 20.8 Å². The third kappa shape index (κ3) is 5.50. The summed E-state index contributed by atoms with van der Waals surface area (Å²) in [5.41, 5.74) is 6.15. The van der Waals surface area contributed by atoms with Gasteiger partial charge >= 0.3 is 0 Å². The highest BCUT2D eigenvalue weighted by atomic mass is 32.2. The van der Waals surface area contributed by atoms with E-state index in [1.54, 1.807) is 0 Å². The molecule has 2 atom stereocenters. The number of rotatable bonds is 7. The molecule has 0 radical (unpaired) electrons. The Hall–Kier alpha value is 0.270. The summed E-state index contributed by atoms with van der Waals surface area (Å²) < 4.78 is 0. The predicted octanol–water partition coefficient (Wildman–Crippen LogP) is 3.22. The highest BCUT2D eigenvalue weighted by molar-refractivity contribution is 7.99. The Kier molecular flexibility index (Phi) is 7.04. The van der Waals surface area contributed by atoms with Crippen LogP contribution in [0, 0.1) is 11.3 Å². The van der Waals surface area contributed by atoms with Crippen molar-refractivity contribution in [3.8, 4) is 0 Å². The van der Waals surface area contributed by atoms with Crippen LogP contribution in [0.2, 0.25) is 0 Å². The first-order valence-electron chi connectivity index (χ1n) is 7.43. The van der Waals surface area contributed by atoms with E-state index < -0.39 is 0 Å². The first-order chi connectivity index (χ1) is 8.45. The highest BCUT2D eigenvalue weighted by Crippen LogP contribution is 2.32. The molecule has 2 N–H and O–H groups in total. The van der Waals surface area contributed by atoms with E-state index in [1.807, 2.05) is 0 Å². The molecule has 1 aliphatic rings.